The van der Waals surface area contributed by atoms with Crippen LogP contribution in [-0.2, 0) is 4.79 Å². The molecule has 1 heterocycles. The van der Waals surface area contributed by atoms with E-state index in [2.05, 4.69) is 5.32 Å². The molecule has 0 radical (unpaired) electrons. The molecule has 0 spiro atoms. The maximum absolute atomic E-state index is 10.6. The predicted molar refractivity (Wildman–Crippen MR) is 66.2 cm³/mol. The highest BCUT2D eigenvalue weighted by molar-refractivity contribution is 6.42. The molecule has 0 amide bonds. The van der Waals surface area contributed by atoms with Gasteiger partial charge in [0.2, 0.25) is 0 Å². The number of rotatable bonds is 3. The van der Waals surface area contributed by atoms with Crippen LogP contribution < -0.4 is 5.32 Å². The van der Waals surface area contributed by atoms with E-state index < -0.39 is 0 Å². The van der Waals surface area contributed by atoms with E-state index in [1.807, 2.05) is 18.2 Å². The molecule has 16 heavy (non-hydrogen) atoms. The van der Waals surface area contributed by atoms with Crippen LogP contribution in [0.15, 0.2) is 18.2 Å². The quantitative estimate of drug-likeness (QED) is 0.844. The van der Waals surface area contributed by atoms with E-state index in [1.165, 1.54) is 0 Å². The standard InChI is InChI=1S/C12H13Cl2NO/c13-11-2-1-8(5-12(11)14)10-7-15-6-9(10)3-4-16/h1-2,4-5,9-10,15H,3,6-7H2. The van der Waals surface area contributed by atoms with Crippen LogP contribution in [0.4, 0.5) is 0 Å². The van der Waals surface area contributed by atoms with Gasteiger partial charge in [0.25, 0.3) is 0 Å². The summed E-state index contributed by atoms with van der Waals surface area (Å²) in [6, 6.07) is 5.71. The van der Waals surface area contributed by atoms with E-state index in [9.17, 15) is 4.79 Å². The molecule has 0 bridgehead atoms. The molecule has 1 aliphatic rings. The van der Waals surface area contributed by atoms with Gasteiger partial charge in [-0.25, -0.2) is 0 Å². The monoisotopic (exact) mass is 257 g/mol. The summed E-state index contributed by atoms with van der Waals surface area (Å²) in [4.78, 5) is 10.6. The molecule has 4 heteroatoms. The molecule has 2 atom stereocenters. The average Bonchev–Trinajstić information content (AvgIpc) is 2.71. The first-order chi connectivity index (χ1) is 7.72. The lowest BCUT2D eigenvalue weighted by Crippen LogP contribution is -2.11. The number of hydrogen-bond donors (Lipinski definition) is 1. The van der Waals surface area contributed by atoms with Crippen molar-refractivity contribution in [2.45, 2.75) is 12.3 Å². The average molecular weight is 258 g/mol. The van der Waals surface area contributed by atoms with Gasteiger partial charge in [0.05, 0.1) is 10.0 Å². The van der Waals surface area contributed by atoms with Crippen molar-refractivity contribution in [2.75, 3.05) is 13.1 Å². The van der Waals surface area contributed by atoms with Crippen molar-refractivity contribution in [1.82, 2.24) is 5.32 Å². The fourth-order valence-corrected chi connectivity index (χ4v) is 2.54. The molecule has 2 nitrogen and oxygen atoms in total. The predicted octanol–water partition coefficient (Wildman–Crippen LogP) is 2.89. The second-order valence-corrected chi connectivity index (χ2v) is 4.92. The zero-order valence-electron chi connectivity index (χ0n) is 8.75. The SMILES string of the molecule is O=CCC1CNCC1c1ccc(Cl)c(Cl)c1. The number of hydrogen-bond acceptors (Lipinski definition) is 2. The van der Waals surface area contributed by atoms with E-state index in [-0.39, 0.29) is 0 Å². The van der Waals surface area contributed by atoms with Gasteiger partial charge in [-0.1, -0.05) is 29.3 Å². The minimum Gasteiger partial charge on any atom is -0.316 e. The van der Waals surface area contributed by atoms with Crippen LogP contribution in [0.25, 0.3) is 0 Å². The zero-order valence-corrected chi connectivity index (χ0v) is 10.3. The van der Waals surface area contributed by atoms with Crippen molar-refractivity contribution in [1.29, 1.82) is 0 Å². The van der Waals surface area contributed by atoms with Crippen molar-refractivity contribution >= 4 is 29.5 Å². The lowest BCUT2D eigenvalue weighted by Gasteiger charge is -2.17. The molecule has 0 aliphatic carbocycles. The first kappa shape index (κ1) is 11.9. The van der Waals surface area contributed by atoms with Crippen molar-refractivity contribution < 1.29 is 4.79 Å². The summed E-state index contributed by atoms with van der Waals surface area (Å²) in [6.07, 6.45) is 1.58. The Kier molecular flexibility index (Phi) is 3.85. The van der Waals surface area contributed by atoms with E-state index in [0.717, 1.165) is 24.9 Å². The molecule has 86 valence electrons. The number of carbonyl (C=O) groups excluding carboxylic acids is 1. The molecular weight excluding hydrogens is 245 g/mol. The van der Waals surface area contributed by atoms with Gasteiger partial charge in [-0.05, 0) is 30.2 Å². The summed E-state index contributed by atoms with van der Waals surface area (Å²) in [5, 5.41) is 4.46. The van der Waals surface area contributed by atoms with Gasteiger partial charge in [-0.3, -0.25) is 0 Å². The van der Waals surface area contributed by atoms with Gasteiger partial charge in [-0.2, -0.15) is 0 Å². The first-order valence-corrected chi connectivity index (χ1v) is 6.07. The van der Waals surface area contributed by atoms with Crippen molar-refractivity contribution in [2.24, 2.45) is 5.92 Å². The molecular formula is C12H13Cl2NO. The van der Waals surface area contributed by atoms with Crippen molar-refractivity contribution in [3.05, 3.63) is 33.8 Å². The largest absolute Gasteiger partial charge is 0.316 e. The molecule has 2 rings (SSSR count). The van der Waals surface area contributed by atoms with Gasteiger partial charge < -0.3 is 10.1 Å². The molecule has 1 fully saturated rings. The smallest absolute Gasteiger partial charge is 0.120 e. The Labute approximate surface area is 105 Å². The lowest BCUT2D eigenvalue weighted by atomic mass is 9.87. The van der Waals surface area contributed by atoms with Crippen LogP contribution in [0.5, 0.6) is 0 Å². The number of aldehydes is 1. The van der Waals surface area contributed by atoms with Crippen molar-refractivity contribution in [3.63, 3.8) is 0 Å². The topological polar surface area (TPSA) is 29.1 Å². The summed E-state index contributed by atoms with van der Waals surface area (Å²) in [6.45, 7) is 1.79. The van der Waals surface area contributed by atoms with E-state index in [0.29, 0.717) is 28.3 Å². The highest BCUT2D eigenvalue weighted by Crippen LogP contribution is 2.33. The minimum atomic E-state index is 0.361. The summed E-state index contributed by atoms with van der Waals surface area (Å²) in [7, 11) is 0. The summed E-state index contributed by atoms with van der Waals surface area (Å²) < 4.78 is 0. The number of nitrogens with one attached hydrogen (secondary N) is 1. The van der Waals surface area contributed by atoms with E-state index in [1.54, 1.807) is 0 Å². The third-order valence-electron chi connectivity index (χ3n) is 3.11. The van der Waals surface area contributed by atoms with E-state index in [4.69, 9.17) is 23.2 Å². The van der Waals surface area contributed by atoms with Crippen LogP contribution in [0.2, 0.25) is 10.0 Å². The summed E-state index contributed by atoms with van der Waals surface area (Å²) in [5.74, 6) is 0.731. The van der Waals surface area contributed by atoms with Crippen LogP contribution >= 0.6 is 23.2 Å². The number of halogens is 2. The Balaban J connectivity index is 2.22. The van der Waals surface area contributed by atoms with Crippen LogP contribution in [0, 0.1) is 5.92 Å². The Hall–Kier alpha value is -0.570. The molecule has 1 saturated heterocycles. The van der Waals surface area contributed by atoms with Gasteiger partial charge in [0.15, 0.2) is 0 Å². The Morgan fingerprint density at radius 2 is 2.12 bits per heavy atom. The fraction of sp³-hybridized carbons (Fsp3) is 0.417. The molecule has 2 unspecified atom stereocenters. The molecule has 1 aromatic rings. The second kappa shape index (κ2) is 5.17. The third-order valence-corrected chi connectivity index (χ3v) is 3.85. The summed E-state index contributed by atoms with van der Waals surface area (Å²) >= 11 is 11.9. The summed E-state index contributed by atoms with van der Waals surface area (Å²) in [5.41, 5.74) is 1.16. The maximum atomic E-state index is 10.6. The van der Waals surface area contributed by atoms with E-state index >= 15 is 0 Å². The molecule has 1 N–H and O–H groups in total. The Bertz CT molecular complexity index is 395. The molecule has 1 aliphatic heterocycles. The minimum absolute atomic E-state index is 0.361. The van der Waals surface area contributed by atoms with Gasteiger partial charge in [0.1, 0.15) is 6.29 Å². The Morgan fingerprint density at radius 3 is 2.81 bits per heavy atom. The molecule has 1 aromatic carbocycles. The second-order valence-electron chi connectivity index (χ2n) is 4.10. The highest BCUT2D eigenvalue weighted by Gasteiger charge is 2.28. The zero-order chi connectivity index (χ0) is 11.5. The van der Waals surface area contributed by atoms with Gasteiger partial charge in [0, 0.05) is 18.9 Å². The van der Waals surface area contributed by atoms with Crippen molar-refractivity contribution in [3.8, 4) is 0 Å². The van der Waals surface area contributed by atoms with Crippen LogP contribution in [-0.4, -0.2) is 19.4 Å². The lowest BCUT2D eigenvalue weighted by molar-refractivity contribution is -0.108. The van der Waals surface area contributed by atoms with Gasteiger partial charge >= 0.3 is 0 Å². The van der Waals surface area contributed by atoms with Crippen LogP contribution in [0.3, 0.4) is 0 Å². The normalized spacial score (nSPS) is 24.6. The number of benzene rings is 1. The maximum Gasteiger partial charge on any atom is 0.120 e. The Morgan fingerprint density at radius 1 is 1.31 bits per heavy atom. The highest BCUT2D eigenvalue weighted by atomic mass is 35.5. The first-order valence-electron chi connectivity index (χ1n) is 5.31. The van der Waals surface area contributed by atoms with Gasteiger partial charge in [-0.15, -0.1) is 0 Å². The molecule has 0 saturated carbocycles. The third kappa shape index (κ3) is 2.40. The number of carbonyl (C=O) groups is 1. The fourth-order valence-electron chi connectivity index (χ4n) is 2.24. The van der Waals surface area contributed by atoms with Crippen LogP contribution in [0.1, 0.15) is 17.9 Å². The molecule has 0 aromatic heterocycles.